The fourth-order valence-corrected chi connectivity index (χ4v) is 3.48. The molecule has 1 saturated carbocycles. The van der Waals surface area contributed by atoms with Gasteiger partial charge in [0.15, 0.2) is 0 Å². The molecule has 0 radical (unpaired) electrons. The van der Waals surface area contributed by atoms with E-state index in [-0.39, 0.29) is 0 Å². The summed E-state index contributed by atoms with van der Waals surface area (Å²) in [6.07, 6.45) is 8.43. The second kappa shape index (κ2) is 5.85. The first-order valence-electron chi connectivity index (χ1n) is 7.23. The minimum atomic E-state index is 0.307. The quantitative estimate of drug-likeness (QED) is 0.753. The summed E-state index contributed by atoms with van der Waals surface area (Å²) in [7, 11) is 2.00. The van der Waals surface area contributed by atoms with Gasteiger partial charge in [-0.2, -0.15) is 0 Å². The van der Waals surface area contributed by atoms with Crippen molar-refractivity contribution < 1.29 is 4.79 Å². The van der Waals surface area contributed by atoms with Crippen LogP contribution < -0.4 is 0 Å². The molecule has 0 aromatic heterocycles. The third-order valence-corrected chi connectivity index (χ3v) is 4.50. The van der Waals surface area contributed by atoms with Crippen LogP contribution in [0.15, 0.2) is 0 Å². The molecular weight excluding hydrogens is 212 g/mol. The second-order valence-electron chi connectivity index (χ2n) is 5.52. The van der Waals surface area contributed by atoms with E-state index in [0.29, 0.717) is 24.4 Å². The van der Waals surface area contributed by atoms with E-state index in [1.165, 1.54) is 51.6 Å². The van der Waals surface area contributed by atoms with Crippen molar-refractivity contribution in [3.05, 3.63) is 0 Å². The maximum absolute atomic E-state index is 11.9. The van der Waals surface area contributed by atoms with Crippen molar-refractivity contribution in [3.8, 4) is 0 Å². The van der Waals surface area contributed by atoms with Crippen LogP contribution in [0, 0.1) is 0 Å². The Morgan fingerprint density at radius 2 is 1.82 bits per heavy atom. The molecule has 1 saturated heterocycles. The standard InChI is InChI=1S/C14H26N2O/c1-3-14(17)15(2)12-8-4-5-9-13(12)16-10-6-7-11-16/h12-13H,3-11H2,1-2H3/t12-,13-/m1/s1. The van der Waals surface area contributed by atoms with Gasteiger partial charge in [-0.15, -0.1) is 0 Å². The predicted octanol–water partition coefficient (Wildman–Crippen LogP) is 2.26. The number of amides is 1. The van der Waals surface area contributed by atoms with E-state index >= 15 is 0 Å². The molecule has 1 amide bonds. The molecule has 3 nitrogen and oxygen atoms in total. The first kappa shape index (κ1) is 12.9. The molecule has 2 rings (SSSR count). The van der Waals surface area contributed by atoms with E-state index in [1.54, 1.807) is 0 Å². The van der Waals surface area contributed by atoms with Crippen molar-refractivity contribution in [3.63, 3.8) is 0 Å². The maximum atomic E-state index is 11.9. The summed E-state index contributed by atoms with van der Waals surface area (Å²) in [5.41, 5.74) is 0. The highest BCUT2D eigenvalue weighted by molar-refractivity contribution is 5.75. The van der Waals surface area contributed by atoms with Gasteiger partial charge in [-0.25, -0.2) is 0 Å². The fourth-order valence-electron chi connectivity index (χ4n) is 3.48. The van der Waals surface area contributed by atoms with Gasteiger partial charge in [0.1, 0.15) is 0 Å². The number of nitrogens with zero attached hydrogens (tertiary/aromatic N) is 2. The van der Waals surface area contributed by atoms with Gasteiger partial charge in [-0.05, 0) is 38.8 Å². The first-order valence-corrected chi connectivity index (χ1v) is 7.23. The smallest absolute Gasteiger partial charge is 0.222 e. The van der Waals surface area contributed by atoms with Crippen molar-refractivity contribution in [1.29, 1.82) is 0 Å². The van der Waals surface area contributed by atoms with Crippen LogP contribution >= 0.6 is 0 Å². The number of hydrogen-bond acceptors (Lipinski definition) is 2. The van der Waals surface area contributed by atoms with Gasteiger partial charge in [0, 0.05) is 25.6 Å². The van der Waals surface area contributed by atoms with Crippen molar-refractivity contribution in [2.75, 3.05) is 20.1 Å². The lowest BCUT2D eigenvalue weighted by Crippen LogP contribution is -2.53. The van der Waals surface area contributed by atoms with E-state index in [0.717, 1.165) is 0 Å². The zero-order valence-corrected chi connectivity index (χ0v) is 11.3. The molecule has 1 heterocycles. The predicted molar refractivity (Wildman–Crippen MR) is 69.9 cm³/mol. The Morgan fingerprint density at radius 3 is 2.47 bits per heavy atom. The molecular formula is C14H26N2O. The molecule has 0 N–H and O–H groups in total. The number of carbonyl (C=O) groups excluding carboxylic acids is 1. The molecule has 2 atom stereocenters. The number of rotatable bonds is 3. The maximum Gasteiger partial charge on any atom is 0.222 e. The summed E-state index contributed by atoms with van der Waals surface area (Å²) in [5, 5.41) is 0. The van der Waals surface area contributed by atoms with Crippen molar-refractivity contribution in [1.82, 2.24) is 9.80 Å². The van der Waals surface area contributed by atoms with Gasteiger partial charge in [0.2, 0.25) is 5.91 Å². The average Bonchev–Trinajstić information content (AvgIpc) is 2.90. The Hall–Kier alpha value is -0.570. The largest absolute Gasteiger partial charge is 0.341 e. The van der Waals surface area contributed by atoms with E-state index in [9.17, 15) is 4.79 Å². The summed E-state index contributed by atoms with van der Waals surface area (Å²) in [6.45, 7) is 4.46. The number of likely N-dealkylation sites (tertiary alicyclic amines) is 1. The topological polar surface area (TPSA) is 23.6 Å². The number of hydrogen-bond donors (Lipinski definition) is 0. The average molecular weight is 238 g/mol. The molecule has 1 aliphatic carbocycles. The number of likely N-dealkylation sites (N-methyl/N-ethyl adjacent to an activating group) is 1. The van der Waals surface area contributed by atoms with E-state index in [4.69, 9.17) is 0 Å². The van der Waals surface area contributed by atoms with Gasteiger partial charge >= 0.3 is 0 Å². The summed E-state index contributed by atoms with van der Waals surface area (Å²) < 4.78 is 0. The van der Waals surface area contributed by atoms with Crippen LogP contribution in [0.25, 0.3) is 0 Å². The summed E-state index contributed by atoms with van der Waals surface area (Å²) in [4.78, 5) is 16.5. The van der Waals surface area contributed by atoms with Crippen molar-refractivity contribution in [2.24, 2.45) is 0 Å². The van der Waals surface area contributed by atoms with E-state index in [2.05, 4.69) is 4.90 Å². The molecule has 2 aliphatic rings. The van der Waals surface area contributed by atoms with Crippen molar-refractivity contribution >= 4 is 5.91 Å². The minimum absolute atomic E-state index is 0.307. The Labute approximate surface area is 105 Å². The molecule has 0 aromatic rings. The molecule has 98 valence electrons. The van der Waals surface area contributed by atoms with Crippen LogP contribution in [-0.2, 0) is 4.79 Å². The number of carbonyl (C=O) groups is 1. The Bertz CT molecular complexity index is 261. The highest BCUT2D eigenvalue weighted by Crippen LogP contribution is 2.29. The third kappa shape index (κ3) is 2.82. The van der Waals surface area contributed by atoms with Crippen LogP contribution in [0.5, 0.6) is 0 Å². The molecule has 0 spiro atoms. The Morgan fingerprint density at radius 1 is 1.18 bits per heavy atom. The summed E-state index contributed by atoms with van der Waals surface area (Å²) in [5.74, 6) is 0.307. The van der Waals surface area contributed by atoms with E-state index < -0.39 is 0 Å². The lowest BCUT2D eigenvalue weighted by molar-refractivity contribution is -0.133. The van der Waals surface area contributed by atoms with Crippen molar-refractivity contribution in [2.45, 2.75) is 64.0 Å². The molecule has 0 aromatic carbocycles. The Balaban J connectivity index is 2.03. The molecule has 1 aliphatic heterocycles. The van der Waals surface area contributed by atoms with Crippen LogP contribution in [0.4, 0.5) is 0 Å². The molecule has 2 fully saturated rings. The van der Waals surface area contributed by atoms with Gasteiger partial charge < -0.3 is 4.90 Å². The summed E-state index contributed by atoms with van der Waals surface area (Å²) in [6, 6.07) is 1.10. The van der Waals surface area contributed by atoms with Crippen LogP contribution in [-0.4, -0.2) is 47.9 Å². The fraction of sp³-hybridized carbons (Fsp3) is 0.929. The third-order valence-electron chi connectivity index (χ3n) is 4.50. The molecule has 0 unspecified atom stereocenters. The lowest BCUT2D eigenvalue weighted by atomic mass is 9.88. The summed E-state index contributed by atoms with van der Waals surface area (Å²) >= 11 is 0. The normalized spacial score (nSPS) is 30.5. The highest BCUT2D eigenvalue weighted by atomic mass is 16.2. The van der Waals surface area contributed by atoms with Gasteiger partial charge in [0.25, 0.3) is 0 Å². The Kier molecular flexibility index (Phi) is 4.43. The van der Waals surface area contributed by atoms with Crippen LogP contribution in [0.3, 0.4) is 0 Å². The zero-order valence-electron chi connectivity index (χ0n) is 11.3. The molecule has 0 bridgehead atoms. The van der Waals surface area contributed by atoms with Gasteiger partial charge in [-0.3, -0.25) is 9.69 Å². The van der Waals surface area contributed by atoms with E-state index in [1.807, 2.05) is 18.9 Å². The molecule has 17 heavy (non-hydrogen) atoms. The zero-order chi connectivity index (χ0) is 12.3. The van der Waals surface area contributed by atoms with Gasteiger partial charge in [-0.1, -0.05) is 19.8 Å². The lowest BCUT2D eigenvalue weighted by Gasteiger charge is -2.42. The minimum Gasteiger partial charge on any atom is -0.341 e. The van der Waals surface area contributed by atoms with Crippen LogP contribution in [0.1, 0.15) is 51.9 Å². The van der Waals surface area contributed by atoms with Crippen LogP contribution in [0.2, 0.25) is 0 Å². The SMILES string of the molecule is CCC(=O)N(C)[C@@H]1CCCC[C@H]1N1CCCC1. The molecule has 3 heteroatoms. The highest BCUT2D eigenvalue weighted by Gasteiger charge is 2.34. The first-order chi connectivity index (χ1) is 8.24. The second-order valence-corrected chi connectivity index (χ2v) is 5.52. The van der Waals surface area contributed by atoms with Gasteiger partial charge in [0.05, 0.1) is 0 Å². The monoisotopic (exact) mass is 238 g/mol.